The first-order chi connectivity index (χ1) is 16.6. The largest absolute Gasteiger partial charge is 0.483 e. The molecule has 192 valence electrons. The van der Waals surface area contributed by atoms with Gasteiger partial charge < -0.3 is 14.7 Å². The van der Waals surface area contributed by atoms with Crippen LogP contribution in [0.3, 0.4) is 0 Å². The van der Waals surface area contributed by atoms with E-state index in [2.05, 4.69) is 19.6 Å². The first-order valence-corrected chi connectivity index (χ1v) is 12.8. The number of hydrogen-bond acceptors (Lipinski definition) is 7. The number of hydrogen-bond donors (Lipinski definition) is 2. The minimum atomic E-state index is -4.06. The van der Waals surface area contributed by atoms with Crippen LogP contribution in [-0.4, -0.2) is 62.1 Å². The number of likely N-dealkylation sites (N-methyl/N-ethyl adjacent to an activating group) is 1. The second-order valence-corrected chi connectivity index (χ2v) is 10.3. The van der Waals surface area contributed by atoms with Gasteiger partial charge in [-0.1, -0.05) is 12.8 Å². The van der Waals surface area contributed by atoms with Crippen molar-refractivity contribution < 1.29 is 31.8 Å². The molecule has 1 aliphatic carbocycles. The number of carbonyl (C=O) groups is 1. The van der Waals surface area contributed by atoms with E-state index in [1.165, 1.54) is 13.2 Å². The summed E-state index contributed by atoms with van der Waals surface area (Å²) >= 11 is 0. The highest BCUT2D eigenvalue weighted by atomic mass is 32.2. The fourth-order valence-corrected chi connectivity index (χ4v) is 5.39. The van der Waals surface area contributed by atoms with Crippen molar-refractivity contribution in [2.24, 2.45) is 5.92 Å². The number of ether oxygens (including phenoxy) is 1. The summed E-state index contributed by atoms with van der Waals surface area (Å²) in [6.45, 7) is 1.45. The third-order valence-corrected chi connectivity index (χ3v) is 7.69. The summed E-state index contributed by atoms with van der Waals surface area (Å²) in [6, 6.07) is 4.02. The minimum Gasteiger partial charge on any atom is -0.483 e. The van der Waals surface area contributed by atoms with E-state index < -0.39 is 27.6 Å². The molecular formula is C23H30F2N4O5S. The number of anilines is 1. The van der Waals surface area contributed by atoms with Gasteiger partial charge in [-0.05, 0) is 50.1 Å². The summed E-state index contributed by atoms with van der Waals surface area (Å²) in [4.78, 5) is 18.7. The van der Waals surface area contributed by atoms with Crippen LogP contribution in [0.4, 0.5) is 14.5 Å². The zero-order valence-electron chi connectivity index (χ0n) is 19.7. The fourth-order valence-electron chi connectivity index (χ4n) is 4.39. The SMILES string of the molecule is COc1nc2c(cc1NS(=O)(=O)c1ccc(C(F)(F)C3CCCC3)nc1)CCN(C)CC2.O=CO. The van der Waals surface area contributed by atoms with E-state index >= 15 is 0 Å². The molecule has 1 fully saturated rings. The summed E-state index contributed by atoms with van der Waals surface area (Å²) < 4.78 is 63.1. The Morgan fingerprint density at radius 3 is 2.49 bits per heavy atom. The first kappa shape index (κ1) is 26.7. The molecule has 0 aromatic carbocycles. The van der Waals surface area contributed by atoms with Gasteiger partial charge in [-0.2, -0.15) is 8.78 Å². The maximum atomic E-state index is 14.7. The summed E-state index contributed by atoms with van der Waals surface area (Å²) in [7, 11) is -0.607. The molecule has 0 unspecified atom stereocenters. The number of pyridine rings is 2. The molecule has 4 rings (SSSR count). The molecule has 2 aliphatic rings. The van der Waals surface area contributed by atoms with Crippen LogP contribution in [0.1, 0.15) is 42.6 Å². The average Bonchev–Trinajstić information content (AvgIpc) is 3.32. The number of fused-ring (bicyclic) bond motifs is 1. The Kier molecular flexibility index (Phi) is 8.60. The molecule has 35 heavy (non-hydrogen) atoms. The predicted octanol–water partition coefficient (Wildman–Crippen LogP) is 3.30. The van der Waals surface area contributed by atoms with E-state index in [1.807, 2.05) is 7.05 Å². The Hall–Kier alpha value is -2.86. The van der Waals surface area contributed by atoms with Crippen molar-refractivity contribution in [1.29, 1.82) is 0 Å². The molecular weight excluding hydrogens is 482 g/mol. The van der Waals surface area contributed by atoms with Crippen molar-refractivity contribution in [1.82, 2.24) is 14.9 Å². The lowest BCUT2D eigenvalue weighted by molar-refractivity contribution is -0.122. The molecule has 12 heteroatoms. The van der Waals surface area contributed by atoms with Gasteiger partial charge in [0.15, 0.2) is 0 Å². The van der Waals surface area contributed by atoms with Crippen LogP contribution in [0.25, 0.3) is 0 Å². The molecule has 2 N–H and O–H groups in total. The van der Waals surface area contributed by atoms with Gasteiger partial charge in [-0.15, -0.1) is 0 Å². The third kappa shape index (κ3) is 6.23. The number of nitrogens with one attached hydrogen (secondary N) is 1. The molecule has 2 aromatic heterocycles. The number of aromatic nitrogens is 2. The van der Waals surface area contributed by atoms with Gasteiger partial charge in [0.2, 0.25) is 5.88 Å². The number of nitrogens with zero attached hydrogens (tertiary/aromatic N) is 3. The lowest BCUT2D eigenvalue weighted by Crippen LogP contribution is -2.25. The van der Waals surface area contributed by atoms with E-state index in [4.69, 9.17) is 14.6 Å². The molecule has 1 aliphatic heterocycles. The van der Waals surface area contributed by atoms with Crippen LogP contribution in [0.15, 0.2) is 29.3 Å². The molecule has 0 spiro atoms. The van der Waals surface area contributed by atoms with Crippen LogP contribution < -0.4 is 9.46 Å². The molecule has 0 saturated heterocycles. The van der Waals surface area contributed by atoms with Gasteiger partial charge in [0.05, 0.1) is 7.11 Å². The smallest absolute Gasteiger partial charge is 0.292 e. The third-order valence-electron chi connectivity index (χ3n) is 6.34. The van der Waals surface area contributed by atoms with Gasteiger partial charge in [-0.3, -0.25) is 14.5 Å². The molecule has 3 heterocycles. The highest BCUT2D eigenvalue weighted by molar-refractivity contribution is 7.92. The Labute approximate surface area is 203 Å². The lowest BCUT2D eigenvalue weighted by atomic mass is 9.96. The zero-order valence-corrected chi connectivity index (χ0v) is 20.5. The van der Waals surface area contributed by atoms with Crippen LogP contribution in [0.2, 0.25) is 0 Å². The van der Waals surface area contributed by atoms with E-state index in [-0.39, 0.29) is 22.9 Å². The summed E-state index contributed by atoms with van der Waals surface area (Å²) in [6.07, 6.45) is 4.94. The molecule has 0 bridgehead atoms. The van der Waals surface area contributed by atoms with E-state index in [0.717, 1.165) is 62.3 Å². The Morgan fingerprint density at radius 1 is 1.23 bits per heavy atom. The van der Waals surface area contributed by atoms with E-state index in [9.17, 15) is 17.2 Å². The summed E-state index contributed by atoms with van der Waals surface area (Å²) in [5, 5.41) is 6.89. The number of methoxy groups -OCH3 is 1. The highest BCUT2D eigenvalue weighted by Gasteiger charge is 2.43. The maximum absolute atomic E-state index is 14.7. The lowest BCUT2D eigenvalue weighted by Gasteiger charge is -2.22. The van der Waals surface area contributed by atoms with Gasteiger partial charge in [0.25, 0.3) is 22.4 Å². The minimum absolute atomic E-state index is 0.175. The van der Waals surface area contributed by atoms with Crippen molar-refractivity contribution in [2.75, 3.05) is 32.0 Å². The number of rotatable bonds is 6. The molecule has 0 amide bonds. The Bertz CT molecular complexity index is 1120. The van der Waals surface area contributed by atoms with Crippen LogP contribution in [0.5, 0.6) is 5.88 Å². The molecule has 0 radical (unpaired) electrons. The number of sulfonamides is 1. The van der Waals surface area contributed by atoms with Gasteiger partial charge in [-0.25, -0.2) is 13.4 Å². The first-order valence-electron chi connectivity index (χ1n) is 11.3. The normalized spacial score (nSPS) is 17.0. The second-order valence-electron chi connectivity index (χ2n) is 8.65. The average molecular weight is 513 g/mol. The number of carboxylic acid groups (broad SMARTS) is 1. The van der Waals surface area contributed by atoms with Crippen molar-refractivity contribution in [3.63, 3.8) is 0 Å². The topological polar surface area (TPSA) is 122 Å². The second kappa shape index (κ2) is 11.3. The van der Waals surface area contributed by atoms with Crippen LogP contribution in [-0.2, 0) is 33.6 Å². The monoisotopic (exact) mass is 512 g/mol. The van der Waals surface area contributed by atoms with Crippen LogP contribution >= 0.6 is 0 Å². The molecule has 2 aromatic rings. The quantitative estimate of drug-likeness (QED) is 0.566. The highest BCUT2D eigenvalue weighted by Crippen LogP contribution is 2.44. The Balaban J connectivity index is 0.00000108. The maximum Gasteiger partial charge on any atom is 0.292 e. The summed E-state index contributed by atoms with van der Waals surface area (Å²) in [5.41, 5.74) is 1.67. The van der Waals surface area contributed by atoms with Gasteiger partial charge in [0.1, 0.15) is 16.3 Å². The molecule has 9 nitrogen and oxygen atoms in total. The van der Waals surface area contributed by atoms with Crippen molar-refractivity contribution in [3.05, 3.63) is 41.3 Å². The number of alkyl halides is 2. The van der Waals surface area contributed by atoms with E-state index in [0.29, 0.717) is 12.8 Å². The molecule has 1 saturated carbocycles. The predicted molar refractivity (Wildman–Crippen MR) is 125 cm³/mol. The Morgan fingerprint density at radius 2 is 1.89 bits per heavy atom. The zero-order chi connectivity index (χ0) is 25.6. The van der Waals surface area contributed by atoms with E-state index in [1.54, 1.807) is 6.07 Å². The molecule has 0 atom stereocenters. The standard InChI is InChI=1S/C22H28F2N4O3S.CH2O2/c1-28-11-9-15-13-19(21(31-2)26-18(15)10-12-28)27-32(29,30)17-7-8-20(25-14-17)22(23,24)16-5-3-4-6-16;2-1-3/h7-8,13-14,16,27H,3-6,9-12H2,1-2H3;1H,(H,2,3). The fraction of sp³-hybridized carbons (Fsp3) is 0.522. The summed E-state index contributed by atoms with van der Waals surface area (Å²) in [5.74, 6) is -3.64. The van der Waals surface area contributed by atoms with Crippen molar-refractivity contribution >= 4 is 22.2 Å². The van der Waals surface area contributed by atoms with Crippen molar-refractivity contribution in [2.45, 2.75) is 49.3 Å². The number of halogens is 2. The van der Waals surface area contributed by atoms with Gasteiger partial charge in [0, 0.05) is 37.3 Å². The van der Waals surface area contributed by atoms with Crippen LogP contribution in [0, 0.1) is 5.92 Å². The van der Waals surface area contributed by atoms with Gasteiger partial charge >= 0.3 is 0 Å². The van der Waals surface area contributed by atoms with Crippen molar-refractivity contribution in [3.8, 4) is 5.88 Å².